The van der Waals surface area contributed by atoms with Crippen molar-refractivity contribution in [3.63, 3.8) is 0 Å². The van der Waals surface area contributed by atoms with Crippen molar-refractivity contribution in [2.45, 2.75) is 0 Å². The minimum Gasteiger partial charge on any atom is -0.507 e. The second-order valence-corrected chi connectivity index (χ2v) is 6.21. The number of aromatic nitrogens is 2. The Bertz CT molecular complexity index is 1120. The highest BCUT2D eigenvalue weighted by Crippen LogP contribution is 2.28. The van der Waals surface area contributed by atoms with Gasteiger partial charge in [-0.3, -0.25) is 9.20 Å². The van der Waals surface area contributed by atoms with E-state index in [2.05, 4.69) is 4.98 Å². The lowest BCUT2D eigenvalue weighted by atomic mass is 10.0. The highest BCUT2D eigenvalue weighted by atomic mass is 35.5. The number of imidazole rings is 1. The molecule has 0 bridgehead atoms. The zero-order valence-electron chi connectivity index (χ0n) is 12.2. The first-order valence-electron chi connectivity index (χ1n) is 7.14. The molecule has 0 spiro atoms. The second-order valence-electron chi connectivity index (χ2n) is 5.36. The van der Waals surface area contributed by atoms with Crippen LogP contribution in [-0.4, -0.2) is 20.3 Å². The Morgan fingerprint density at radius 1 is 1.08 bits per heavy atom. The lowest BCUT2D eigenvalue weighted by molar-refractivity contribution is 0.103. The number of benzene rings is 2. The summed E-state index contributed by atoms with van der Waals surface area (Å²) in [5.41, 5.74) is 2.62. The monoisotopic (exact) mass is 356 g/mol. The molecule has 0 radical (unpaired) electrons. The average molecular weight is 357 g/mol. The van der Waals surface area contributed by atoms with Crippen molar-refractivity contribution < 1.29 is 9.90 Å². The molecule has 4 aromatic rings. The average Bonchev–Trinajstić information content (AvgIpc) is 2.93. The number of hydrogen-bond acceptors (Lipinski definition) is 3. The zero-order valence-corrected chi connectivity index (χ0v) is 13.7. The van der Waals surface area contributed by atoms with Gasteiger partial charge in [-0.15, -0.1) is 0 Å². The molecule has 4 nitrogen and oxygen atoms in total. The molecule has 0 fully saturated rings. The molecule has 2 aromatic carbocycles. The molecule has 0 unspecified atom stereocenters. The van der Waals surface area contributed by atoms with E-state index in [1.165, 1.54) is 6.07 Å². The molecule has 0 amide bonds. The van der Waals surface area contributed by atoms with Gasteiger partial charge >= 0.3 is 0 Å². The van der Waals surface area contributed by atoms with Crippen LogP contribution in [-0.2, 0) is 0 Å². The van der Waals surface area contributed by atoms with Gasteiger partial charge in [-0.1, -0.05) is 35.3 Å². The number of fused-ring (bicyclic) bond motifs is 3. The summed E-state index contributed by atoms with van der Waals surface area (Å²) >= 11 is 12.3. The maximum Gasteiger partial charge on any atom is 0.198 e. The number of halogens is 2. The summed E-state index contributed by atoms with van der Waals surface area (Å²) < 4.78 is 1.75. The molecule has 24 heavy (non-hydrogen) atoms. The van der Waals surface area contributed by atoms with Gasteiger partial charge in [-0.05, 0) is 36.4 Å². The van der Waals surface area contributed by atoms with Crippen LogP contribution < -0.4 is 0 Å². The number of ketones is 1. The fourth-order valence-electron chi connectivity index (χ4n) is 2.69. The predicted octanol–water partition coefficient (Wildman–Crippen LogP) is 4.73. The van der Waals surface area contributed by atoms with E-state index < -0.39 is 0 Å². The highest BCUT2D eigenvalue weighted by Gasteiger charge is 2.17. The Balaban J connectivity index is 1.96. The molecule has 0 aliphatic rings. The molecule has 4 rings (SSSR count). The molecule has 1 N–H and O–H groups in total. The fraction of sp³-hybridized carbons (Fsp3) is 0. The van der Waals surface area contributed by atoms with Gasteiger partial charge in [0.15, 0.2) is 11.4 Å². The first-order valence-corrected chi connectivity index (χ1v) is 7.90. The molecule has 2 heterocycles. The maximum atomic E-state index is 12.7. The lowest BCUT2D eigenvalue weighted by Gasteiger charge is -2.06. The summed E-state index contributed by atoms with van der Waals surface area (Å²) in [5.74, 6) is -0.381. The summed E-state index contributed by atoms with van der Waals surface area (Å²) in [5, 5.41) is 10.8. The van der Waals surface area contributed by atoms with E-state index in [1.807, 2.05) is 6.07 Å². The molecule has 6 heteroatoms. The zero-order chi connectivity index (χ0) is 16.8. The third kappa shape index (κ3) is 2.31. The molecule has 0 aliphatic heterocycles. The number of hydrogen-bond donors (Lipinski definition) is 1. The van der Waals surface area contributed by atoms with Gasteiger partial charge in [0.25, 0.3) is 0 Å². The van der Waals surface area contributed by atoms with E-state index >= 15 is 0 Å². The molecule has 118 valence electrons. The quantitative estimate of drug-likeness (QED) is 0.528. The van der Waals surface area contributed by atoms with E-state index in [0.29, 0.717) is 26.8 Å². The number of phenols is 1. The van der Waals surface area contributed by atoms with Crippen LogP contribution in [0.1, 0.15) is 15.9 Å². The summed E-state index contributed by atoms with van der Waals surface area (Å²) in [6.07, 6.45) is 1.67. The van der Waals surface area contributed by atoms with Crippen molar-refractivity contribution in [3.8, 4) is 5.75 Å². The smallest absolute Gasteiger partial charge is 0.198 e. The fourth-order valence-corrected chi connectivity index (χ4v) is 3.11. The Hall–Kier alpha value is -2.56. The second kappa shape index (κ2) is 5.51. The summed E-state index contributed by atoms with van der Waals surface area (Å²) in [4.78, 5) is 17.2. The molecule has 0 saturated carbocycles. The Kier molecular flexibility index (Phi) is 3.44. The Morgan fingerprint density at radius 3 is 2.67 bits per heavy atom. The Morgan fingerprint density at radius 2 is 1.88 bits per heavy atom. The number of pyridine rings is 1. The first-order chi connectivity index (χ1) is 11.5. The van der Waals surface area contributed by atoms with Crippen LogP contribution in [0.3, 0.4) is 0 Å². The van der Waals surface area contributed by atoms with E-state index in [4.69, 9.17) is 23.2 Å². The number of carbonyl (C=O) groups excluding carboxylic acids is 1. The van der Waals surface area contributed by atoms with Crippen LogP contribution in [0.2, 0.25) is 10.0 Å². The van der Waals surface area contributed by atoms with E-state index in [-0.39, 0.29) is 17.1 Å². The summed E-state index contributed by atoms with van der Waals surface area (Å²) in [7, 11) is 0. The number of rotatable bonds is 2. The predicted molar refractivity (Wildman–Crippen MR) is 94.3 cm³/mol. The third-order valence-electron chi connectivity index (χ3n) is 3.83. The third-order valence-corrected chi connectivity index (χ3v) is 4.34. The van der Waals surface area contributed by atoms with Crippen molar-refractivity contribution in [2.24, 2.45) is 0 Å². The summed E-state index contributed by atoms with van der Waals surface area (Å²) in [6, 6.07) is 13.3. The van der Waals surface area contributed by atoms with Crippen molar-refractivity contribution in [3.05, 3.63) is 75.9 Å². The van der Waals surface area contributed by atoms with Gasteiger partial charge in [0.05, 0.1) is 21.6 Å². The number of para-hydroxylation sites is 1. The highest BCUT2D eigenvalue weighted by molar-refractivity contribution is 6.34. The number of aromatic hydroxyl groups is 1. The molecule has 0 atom stereocenters. The molecule has 0 saturated heterocycles. The topological polar surface area (TPSA) is 54.6 Å². The van der Waals surface area contributed by atoms with Crippen LogP contribution in [0, 0.1) is 0 Å². The van der Waals surface area contributed by atoms with E-state index in [9.17, 15) is 9.90 Å². The van der Waals surface area contributed by atoms with Crippen molar-refractivity contribution in [1.82, 2.24) is 9.38 Å². The van der Waals surface area contributed by atoms with Gasteiger partial charge in [0, 0.05) is 16.8 Å². The molecular formula is C18H10Cl2N2O2. The maximum absolute atomic E-state index is 12.7. The van der Waals surface area contributed by atoms with Gasteiger partial charge in [-0.25, -0.2) is 4.98 Å². The first kappa shape index (κ1) is 15.0. The number of carbonyl (C=O) groups is 1. The SMILES string of the molecule is O=C(c1cc(Cl)c2nc3cc(Cl)ccc3n2c1)c1ccccc1O. The largest absolute Gasteiger partial charge is 0.507 e. The number of phenolic OH excluding ortho intramolecular Hbond substituents is 1. The molecule has 0 aliphatic carbocycles. The minimum absolute atomic E-state index is 0.0685. The van der Waals surface area contributed by atoms with Crippen LogP contribution in [0.25, 0.3) is 16.7 Å². The molecule has 2 aromatic heterocycles. The van der Waals surface area contributed by atoms with Gasteiger partial charge in [0.1, 0.15) is 5.75 Å². The van der Waals surface area contributed by atoms with Crippen molar-refractivity contribution in [1.29, 1.82) is 0 Å². The van der Waals surface area contributed by atoms with Gasteiger partial charge in [0.2, 0.25) is 0 Å². The lowest BCUT2D eigenvalue weighted by Crippen LogP contribution is -2.03. The van der Waals surface area contributed by atoms with Crippen molar-refractivity contribution in [2.75, 3.05) is 0 Å². The van der Waals surface area contributed by atoms with Gasteiger partial charge in [-0.2, -0.15) is 0 Å². The standard InChI is InChI=1S/C18H10Cl2N2O2/c19-11-5-6-15-14(8-11)21-18-13(20)7-10(9-22(15)18)17(24)12-3-1-2-4-16(12)23/h1-9,23H. The van der Waals surface area contributed by atoms with Crippen LogP contribution in [0.5, 0.6) is 5.75 Å². The number of nitrogens with zero attached hydrogens (tertiary/aromatic N) is 2. The summed E-state index contributed by atoms with van der Waals surface area (Å²) in [6.45, 7) is 0. The van der Waals surface area contributed by atoms with Crippen LogP contribution in [0.4, 0.5) is 0 Å². The van der Waals surface area contributed by atoms with Crippen LogP contribution in [0.15, 0.2) is 54.7 Å². The molecular weight excluding hydrogens is 347 g/mol. The Labute approximate surface area is 146 Å². The normalized spacial score (nSPS) is 11.2. The van der Waals surface area contributed by atoms with E-state index in [0.717, 1.165) is 5.52 Å². The minimum atomic E-state index is -0.312. The van der Waals surface area contributed by atoms with Crippen LogP contribution >= 0.6 is 23.2 Å². The van der Waals surface area contributed by atoms with Crippen molar-refractivity contribution >= 4 is 45.7 Å². The van der Waals surface area contributed by atoms with E-state index in [1.54, 1.807) is 47.0 Å². The van der Waals surface area contributed by atoms with Gasteiger partial charge < -0.3 is 5.11 Å².